The van der Waals surface area contributed by atoms with Gasteiger partial charge < -0.3 is 10.6 Å². The summed E-state index contributed by atoms with van der Waals surface area (Å²) in [6.07, 6.45) is 0. The molecule has 0 saturated carbocycles. The van der Waals surface area contributed by atoms with Gasteiger partial charge in [0.2, 0.25) is 0 Å². The zero-order valence-electron chi connectivity index (χ0n) is 10.0. The van der Waals surface area contributed by atoms with Gasteiger partial charge in [0, 0.05) is 18.1 Å². The molecule has 2 aromatic rings. The maximum absolute atomic E-state index is 6.03. The summed E-state index contributed by atoms with van der Waals surface area (Å²) in [6, 6.07) is 13.9. The highest BCUT2D eigenvalue weighted by atomic mass is 79.9. The Kier molecular flexibility index (Phi) is 4.15. The minimum atomic E-state index is 0.591. The largest absolute Gasteiger partial charge is 0.396 e. The molecule has 0 aliphatic carbocycles. The molecule has 0 spiro atoms. The van der Waals surface area contributed by atoms with Crippen molar-refractivity contribution in [1.29, 1.82) is 0 Å². The highest BCUT2D eigenvalue weighted by Crippen LogP contribution is 2.30. The third-order valence-electron chi connectivity index (χ3n) is 2.75. The highest BCUT2D eigenvalue weighted by molar-refractivity contribution is 9.10. The first-order chi connectivity index (χ1) is 8.58. The molecule has 2 aromatic carbocycles. The lowest BCUT2D eigenvalue weighted by molar-refractivity contribution is 0.924. The Bertz CT molecular complexity index is 557. The molecule has 0 aromatic heterocycles. The molecule has 94 valence electrons. The maximum Gasteiger partial charge on any atom is 0.0741 e. The van der Waals surface area contributed by atoms with Crippen LogP contribution in [0.5, 0.6) is 0 Å². The first-order valence-corrected chi connectivity index (χ1v) is 6.74. The number of halogens is 2. The molecule has 2 nitrogen and oxygen atoms in total. The number of hydrogen-bond acceptors (Lipinski definition) is 2. The Morgan fingerprint density at radius 3 is 2.67 bits per heavy atom. The van der Waals surface area contributed by atoms with Crippen molar-refractivity contribution in [3.63, 3.8) is 0 Å². The second-order valence-electron chi connectivity index (χ2n) is 4.16. The summed E-state index contributed by atoms with van der Waals surface area (Å²) in [6.45, 7) is 0.782. The summed E-state index contributed by atoms with van der Waals surface area (Å²) >= 11 is 9.50. The third kappa shape index (κ3) is 2.98. The molecule has 18 heavy (non-hydrogen) atoms. The van der Waals surface area contributed by atoms with Crippen molar-refractivity contribution in [3.05, 3.63) is 57.5 Å². The lowest BCUT2D eigenvalue weighted by Crippen LogP contribution is -2.17. The van der Waals surface area contributed by atoms with Crippen LogP contribution >= 0.6 is 27.5 Å². The predicted octanol–water partition coefficient (Wildman–Crippen LogP) is 4.32. The number of para-hydroxylation sites is 1. The van der Waals surface area contributed by atoms with Crippen LogP contribution in [0.4, 0.5) is 11.4 Å². The molecule has 4 heteroatoms. The van der Waals surface area contributed by atoms with E-state index in [4.69, 9.17) is 17.3 Å². The quantitative estimate of drug-likeness (QED) is 0.852. The average molecular weight is 326 g/mol. The fourth-order valence-electron chi connectivity index (χ4n) is 1.85. The van der Waals surface area contributed by atoms with Gasteiger partial charge in [-0.2, -0.15) is 0 Å². The van der Waals surface area contributed by atoms with Crippen molar-refractivity contribution in [3.8, 4) is 0 Å². The number of hydrogen-bond donors (Lipinski definition) is 1. The maximum atomic E-state index is 6.03. The van der Waals surface area contributed by atoms with E-state index in [9.17, 15) is 0 Å². The molecule has 0 aliphatic rings. The molecule has 0 atom stereocenters. The van der Waals surface area contributed by atoms with Crippen LogP contribution in [0, 0.1) is 0 Å². The van der Waals surface area contributed by atoms with Crippen molar-refractivity contribution in [2.75, 3.05) is 17.7 Å². The van der Waals surface area contributed by atoms with E-state index in [0.717, 1.165) is 16.7 Å². The molecule has 0 fully saturated rings. The van der Waals surface area contributed by atoms with Crippen LogP contribution in [0.15, 0.2) is 46.9 Å². The molecule has 0 saturated heterocycles. The molecule has 2 rings (SSSR count). The molecule has 2 N–H and O–H groups in total. The van der Waals surface area contributed by atoms with Crippen LogP contribution in [-0.4, -0.2) is 7.05 Å². The molecule has 0 radical (unpaired) electrons. The Labute approximate surface area is 120 Å². The second kappa shape index (κ2) is 5.63. The topological polar surface area (TPSA) is 29.3 Å². The van der Waals surface area contributed by atoms with Crippen molar-refractivity contribution in [1.82, 2.24) is 0 Å². The van der Waals surface area contributed by atoms with Crippen LogP contribution in [0.25, 0.3) is 0 Å². The summed E-state index contributed by atoms with van der Waals surface area (Å²) in [5, 5.41) is 0.591. The SMILES string of the molecule is CN(Cc1cccc(Br)c1)c1cccc(Cl)c1N. The molecular formula is C14H14BrClN2. The van der Waals surface area contributed by atoms with Gasteiger partial charge in [-0.15, -0.1) is 0 Å². The minimum absolute atomic E-state index is 0.591. The van der Waals surface area contributed by atoms with Crippen molar-refractivity contribution >= 4 is 38.9 Å². The average Bonchev–Trinajstić information content (AvgIpc) is 2.32. The Morgan fingerprint density at radius 2 is 1.94 bits per heavy atom. The summed E-state index contributed by atoms with van der Waals surface area (Å²) < 4.78 is 1.08. The number of nitrogens with two attached hydrogens (primary N) is 1. The molecule has 0 heterocycles. The fraction of sp³-hybridized carbons (Fsp3) is 0.143. The van der Waals surface area contributed by atoms with E-state index in [0.29, 0.717) is 10.7 Å². The van der Waals surface area contributed by atoms with Crippen molar-refractivity contribution in [2.24, 2.45) is 0 Å². The predicted molar refractivity (Wildman–Crippen MR) is 82.1 cm³/mol. The molecule has 0 bridgehead atoms. The van der Waals surface area contributed by atoms with Gasteiger partial charge in [-0.3, -0.25) is 0 Å². The van der Waals surface area contributed by atoms with Gasteiger partial charge in [-0.25, -0.2) is 0 Å². The van der Waals surface area contributed by atoms with E-state index in [1.54, 1.807) is 6.07 Å². The van der Waals surface area contributed by atoms with Crippen molar-refractivity contribution < 1.29 is 0 Å². The van der Waals surface area contributed by atoms with Crippen LogP contribution in [0.2, 0.25) is 5.02 Å². The Balaban J connectivity index is 2.22. The Morgan fingerprint density at radius 1 is 1.22 bits per heavy atom. The standard InChI is InChI=1S/C14H14BrClN2/c1-18(9-10-4-2-5-11(15)8-10)13-7-3-6-12(16)14(13)17/h2-8H,9,17H2,1H3. The molecule has 0 unspecified atom stereocenters. The van der Waals surface area contributed by atoms with E-state index in [-0.39, 0.29) is 0 Å². The van der Waals surface area contributed by atoms with Crippen LogP contribution < -0.4 is 10.6 Å². The lowest BCUT2D eigenvalue weighted by Gasteiger charge is -2.21. The van der Waals surface area contributed by atoms with Gasteiger partial charge in [0.15, 0.2) is 0 Å². The zero-order valence-corrected chi connectivity index (χ0v) is 12.4. The highest BCUT2D eigenvalue weighted by Gasteiger charge is 2.08. The van der Waals surface area contributed by atoms with Crippen LogP contribution in [0.1, 0.15) is 5.56 Å². The number of anilines is 2. The lowest BCUT2D eigenvalue weighted by atomic mass is 10.2. The second-order valence-corrected chi connectivity index (χ2v) is 5.48. The molecular weight excluding hydrogens is 312 g/mol. The van der Waals surface area contributed by atoms with E-state index in [2.05, 4.69) is 33.0 Å². The number of nitrogen functional groups attached to an aromatic ring is 1. The van der Waals surface area contributed by atoms with Crippen molar-refractivity contribution in [2.45, 2.75) is 6.54 Å². The monoisotopic (exact) mass is 324 g/mol. The fourth-order valence-corrected chi connectivity index (χ4v) is 2.47. The molecule has 0 aliphatic heterocycles. The van der Waals surface area contributed by atoms with Gasteiger partial charge in [-0.05, 0) is 29.8 Å². The number of rotatable bonds is 3. The van der Waals surface area contributed by atoms with E-state index >= 15 is 0 Å². The number of nitrogens with zero attached hydrogens (tertiary/aromatic N) is 1. The summed E-state index contributed by atoms with van der Waals surface area (Å²) in [5.74, 6) is 0. The summed E-state index contributed by atoms with van der Waals surface area (Å²) in [7, 11) is 2.00. The van der Waals surface area contributed by atoms with Gasteiger partial charge in [0.1, 0.15) is 0 Å². The van der Waals surface area contributed by atoms with Gasteiger partial charge >= 0.3 is 0 Å². The summed E-state index contributed by atoms with van der Waals surface area (Å²) in [4.78, 5) is 2.09. The third-order valence-corrected chi connectivity index (χ3v) is 3.57. The van der Waals surface area contributed by atoms with E-state index in [1.165, 1.54) is 5.56 Å². The Hall–Kier alpha value is -1.19. The zero-order chi connectivity index (χ0) is 13.1. The van der Waals surface area contributed by atoms with Crippen LogP contribution in [0.3, 0.4) is 0 Å². The van der Waals surface area contributed by atoms with Gasteiger partial charge in [0.05, 0.1) is 16.4 Å². The normalized spacial score (nSPS) is 10.4. The minimum Gasteiger partial charge on any atom is -0.396 e. The van der Waals surface area contributed by atoms with Gasteiger partial charge in [-0.1, -0.05) is 45.7 Å². The van der Waals surface area contributed by atoms with Crippen LogP contribution in [-0.2, 0) is 6.54 Å². The van der Waals surface area contributed by atoms with Gasteiger partial charge in [0.25, 0.3) is 0 Å². The smallest absolute Gasteiger partial charge is 0.0741 e. The first-order valence-electron chi connectivity index (χ1n) is 5.57. The first kappa shape index (κ1) is 13.2. The van der Waals surface area contributed by atoms with E-state index < -0.39 is 0 Å². The molecule has 0 amide bonds. The van der Waals surface area contributed by atoms with E-state index in [1.807, 2.05) is 31.3 Å². The summed E-state index contributed by atoms with van der Waals surface area (Å²) in [5.41, 5.74) is 8.77. The number of benzene rings is 2.